The number of rotatable bonds is 9. The summed E-state index contributed by atoms with van der Waals surface area (Å²) >= 11 is 0. The van der Waals surface area contributed by atoms with Crippen LogP contribution in [-0.2, 0) is 6.42 Å². The fourth-order valence-corrected chi connectivity index (χ4v) is 2.86. The van der Waals surface area contributed by atoms with Crippen molar-refractivity contribution >= 4 is 0 Å². The van der Waals surface area contributed by atoms with Crippen molar-refractivity contribution in [2.24, 2.45) is 0 Å². The van der Waals surface area contributed by atoms with Crippen LogP contribution in [0, 0.1) is 11.3 Å². The van der Waals surface area contributed by atoms with Crippen molar-refractivity contribution in [3.63, 3.8) is 0 Å². The Morgan fingerprint density at radius 1 is 0.682 bits per heavy atom. The van der Waals surface area contributed by atoms with E-state index < -0.39 is 0 Å². The van der Waals surface area contributed by atoms with Crippen molar-refractivity contribution in [1.29, 1.82) is 5.26 Å². The number of unbranched alkanes of at least 4 members (excludes halogenated alkanes) is 6. The quantitative estimate of drug-likeness (QED) is 0.508. The molecular formula is C21H25N. The van der Waals surface area contributed by atoms with Gasteiger partial charge < -0.3 is 0 Å². The minimum atomic E-state index is 0.713. The van der Waals surface area contributed by atoms with Crippen LogP contribution in [0.5, 0.6) is 0 Å². The summed E-state index contributed by atoms with van der Waals surface area (Å²) in [6.07, 6.45) is 9.23. The maximum Gasteiger partial charge on any atom is 0.0621 e. The zero-order chi connectivity index (χ0) is 15.5. The molecular weight excluding hydrogens is 266 g/mol. The molecule has 0 saturated heterocycles. The zero-order valence-corrected chi connectivity index (χ0v) is 13.3. The molecule has 0 heterocycles. The summed E-state index contributed by atoms with van der Waals surface area (Å²) in [6, 6.07) is 21.6. The predicted molar refractivity (Wildman–Crippen MR) is 93.5 cm³/mol. The van der Waals surface area contributed by atoms with Gasteiger partial charge >= 0.3 is 0 Å². The van der Waals surface area contributed by atoms with Gasteiger partial charge in [-0.05, 0) is 36.0 Å². The third-order valence-corrected chi connectivity index (χ3v) is 4.09. The van der Waals surface area contributed by atoms with Crippen LogP contribution in [-0.4, -0.2) is 0 Å². The summed E-state index contributed by atoms with van der Waals surface area (Å²) in [4.78, 5) is 0. The maximum absolute atomic E-state index is 8.50. The summed E-state index contributed by atoms with van der Waals surface area (Å²) in [7, 11) is 0. The molecule has 1 nitrogen and oxygen atoms in total. The molecule has 0 aliphatic carbocycles. The average molecular weight is 291 g/mol. The first-order chi connectivity index (χ1) is 10.9. The molecule has 0 N–H and O–H groups in total. The highest BCUT2D eigenvalue weighted by molar-refractivity contribution is 5.67. The lowest BCUT2D eigenvalue weighted by Crippen LogP contribution is -1.91. The highest BCUT2D eigenvalue weighted by Crippen LogP contribution is 2.25. The van der Waals surface area contributed by atoms with E-state index in [4.69, 9.17) is 5.26 Å². The second kappa shape index (κ2) is 9.79. The maximum atomic E-state index is 8.50. The monoisotopic (exact) mass is 291 g/mol. The number of aryl methyl sites for hydroxylation is 1. The van der Waals surface area contributed by atoms with Crippen LogP contribution in [0.3, 0.4) is 0 Å². The minimum absolute atomic E-state index is 0.713. The Hall–Kier alpha value is -2.07. The highest BCUT2D eigenvalue weighted by atomic mass is 14.2. The molecule has 2 aromatic rings. The van der Waals surface area contributed by atoms with Gasteiger partial charge in [0.05, 0.1) is 6.07 Å². The van der Waals surface area contributed by atoms with Gasteiger partial charge in [-0.1, -0.05) is 80.3 Å². The zero-order valence-electron chi connectivity index (χ0n) is 13.3. The lowest BCUT2D eigenvalue weighted by Gasteiger charge is -2.09. The lowest BCUT2D eigenvalue weighted by molar-refractivity contribution is 0.598. The Morgan fingerprint density at radius 2 is 1.32 bits per heavy atom. The van der Waals surface area contributed by atoms with E-state index in [0.29, 0.717) is 6.42 Å². The number of benzene rings is 2. The van der Waals surface area contributed by atoms with Crippen LogP contribution in [0.2, 0.25) is 0 Å². The van der Waals surface area contributed by atoms with Crippen LogP contribution in [0.15, 0.2) is 54.6 Å². The molecule has 0 amide bonds. The Labute approximate surface area is 134 Å². The number of hydrogen-bond donors (Lipinski definition) is 0. The second-order valence-corrected chi connectivity index (χ2v) is 5.80. The molecule has 0 unspecified atom stereocenters. The Kier molecular flexibility index (Phi) is 7.26. The topological polar surface area (TPSA) is 23.8 Å². The summed E-state index contributed by atoms with van der Waals surface area (Å²) in [6.45, 7) is 0. The van der Waals surface area contributed by atoms with Gasteiger partial charge in [0.1, 0.15) is 0 Å². The Bertz CT molecular complexity index is 580. The standard InChI is InChI=1S/C21H25N/c22-18-12-5-3-1-2-4-7-13-20-16-10-11-17-21(20)19-14-8-6-9-15-19/h6,8-11,14-17H,1-5,7,12-13H2. The molecule has 0 bridgehead atoms. The van der Waals surface area contributed by atoms with Crippen molar-refractivity contribution in [3.8, 4) is 17.2 Å². The normalized spacial score (nSPS) is 10.3. The highest BCUT2D eigenvalue weighted by Gasteiger charge is 2.03. The smallest absolute Gasteiger partial charge is 0.0621 e. The van der Waals surface area contributed by atoms with Crippen molar-refractivity contribution in [1.82, 2.24) is 0 Å². The van der Waals surface area contributed by atoms with Gasteiger partial charge in [0, 0.05) is 6.42 Å². The van der Waals surface area contributed by atoms with Crippen molar-refractivity contribution in [2.75, 3.05) is 0 Å². The van der Waals surface area contributed by atoms with Gasteiger partial charge in [0.15, 0.2) is 0 Å². The summed E-state index contributed by atoms with van der Waals surface area (Å²) < 4.78 is 0. The fraction of sp³-hybridized carbons (Fsp3) is 0.381. The van der Waals surface area contributed by atoms with Crippen molar-refractivity contribution in [3.05, 3.63) is 60.2 Å². The summed E-state index contributed by atoms with van der Waals surface area (Å²) in [5.74, 6) is 0. The van der Waals surface area contributed by atoms with Crippen LogP contribution in [0.1, 0.15) is 50.5 Å². The second-order valence-electron chi connectivity index (χ2n) is 5.80. The molecule has 114 valence electrons. The summed E-state index contributed by atoms with van der Waals surface area (Å²) in [5, 5.41) is 8.50. The number of nitriles is 1. The van der Waals surface area contributed by atoms with Crippen molar-refractivity contribution in [2.45, 2.75) is 51.4 Å². The minimum Gasteiger partial charge on any atom is -0.198 e. The third-order valence-electron chi connectivity index (χ3n) is 4.09. The molecule has 0 aromatic heterocycles. The Morgan fingerprint density at radius 3 is 2.09 bits per heavy atom. The largest absolute Gasteiger partial charge is 0.198 e. The predicted octanol–water partition coefficient (Wildman–Crippen LogP) is 6.15. The van der Waals surface area contributed by atoms with Crippen LogP contribution >= 0.6 is 0 Å². The van der Waals surface area contributed by atoms with Gasteiger partial charge in [-0.25, -0.2) is 0 Å². The fourth-order valence-electron chi connectivity index (χ4n) is 2.86. The SMILES string of the molecule is N#CCCCCCCCCc1ccccc1-c1ccccc1. The molecule has 0 saturated carbocycles. The molecule has 0 aliphatic heterocycles. The first kappa shape index (κ1) is 16.3. The van der Waals surface area contributed by atoms with E-state index in [1.807, 2.05) is 0 Å². The van der Waals surface area contributed by atoms with E-state index in [2.05, 4.69) is 60.7 Å². The van der Waals surface area contributed by atoms with E-state index in [-0.39, 0.29) is 0 Å². The lowest BCUT2D eigenvalue weighted by atomic mass is 9.95. The molecule has 0 radical (unpaired) electrons. The van der Waals surface area contributed by atoms with E-state index >= 15 is 0 Å². The van der Waals surface area contributed by atoms with Gasteiger partial charge in [-0.3, -0.25) is 0 Å². The third kappa shape index (κ3) is 5.37. The number of nitrogens with zero attached hydrogens (tertiary/aromatic N) is 1. The van der Waals surface area contributed by atoms with Crippen molar-refractivity contribution < 1.29 is 0 Å². The number of hydrogen-bond acceptors (Lipinski definition) is 1. The first-order valence-corrected chi connectivity index (χ1v) is 8.42. The van der Waals surface area contributed by atoms with E-state index in [1.54, 1.807) is 0 Å². The molecule has 0 atom stereocenters. The molecule has 0 aliphatic rings. The first-order valence-electron chi connectivity index (χ1n) is 8.42. The van der Waals surface area contributed by atoms with Crippen LogP contribution < -0.4 is 0 Å². The summed E-state index contributed by atoms with van der Waals surface area (Å²) in [5.41, 5.74) is 4.14. The van der Waals surface area contributed by atoms with E-state index in [1.165, 1.54) is 48.8 Å². The van der Waals surface area contributed by atoms with Gasteiger partial charge in [0.25, 0.3) is 0 Å². The Balaban J connectivity index is 1.78. The van der Waals surface area contributed by atoms with Crippen LogP contribution in [0.4, 0.5) is 0 Å². The van der Waals surface area contributed by atoms with Gasteiger partial charge in [0.2, 0.25) is 0 Å². The van der Waals surface area contributed by atoms with Gasteiger partial charge in [-0.2, -0.15) is 5.26 Å². The van der Waals surface area contributed by atoms with E-state index in [9.17, 15) is 0 Å². The molecule has 0 fully saturated rings. The van der Waals surface area contributed by atoms with E-state index in [0.717, 1.165) is 12.8 Å². The van der Waals surface area contributed by atoms with Gasteiger partial charge in [-0.15, -0.1) is 0 Å². The molecule has 2 rings (SSSR count). The molecule has 1 heteroatoms. The average Bonchev–Trinajstić information content (AvgIpc) is 2.58. The van der Waals surface area contributed by atoms with Crippen LogP contribution in [0.25, 0.3) is 11.1 Å². The molecule has 2 aromatic carbocycles. The molecule has 22 heavy (non-hydrogen) atoms. The molecule has 0 spiro atoms.